The van der Waals surface area contributed by atoms with Gasteiger partial charge < -0.3 is 10.6 Å². The number of carbonyl (C=O) groups excluding carboxylic acids is 2. The number of rotatable bonds is 4. The fourth-order valence-corrected chi connectivity index (χ4v) is 2.37. The summed E-state index contributed by atoms with van der Waals surface area (Å²) in [5, 5.41) is 5.70. The van der Waals surface area contributed by atoms with E-state index >= 15 is 0 Å². The maximum Gasteiger partial charge on any atom is 0.257 e. The van der Waals surface area contributed by atoms with Crippen LogP contribution in [0.5, 0.6) is 0 Å². The molecule has 1 aromatic heterocycles. The van der Waals surface area contributed by atoms with E-state index < -0.39 is 0 Å². The van der Waals surface area contributed by atoms with Gasteiger partial charge in [-0.25, -0.2) is 0 Å². The number of hydrogen-bond donors (Lipinski definition) is 2. The molecular formula is C20H17N3O2. The summed E-state index contributed by atoms with van der Waals surface area (Å²) in [6.07, 6.45) is 3.13. The Morgan fingerprint density at radius 2 is 1.56 bits per heavy atom. The monoisotopic (exact) mass is 331 g/mol. The van der Waals surface area contributed by atoms with Gasteiger partial charge in [0, 0.05) is 29.3 Å². The first kappa shape index (κ1) is 16.4. The number of pyridine rings is 1. The van der Waals surface area contributed by atoms with Gasteiger partial charge in [0.15, 0.2) is 0 Å². The normalized spacial score (nSPS) is 10.1. The van der Waals surface area contributed by atoms with Gasteiger partial charge in [-0.1, -0.05) is 18.2 Å². The number of anilines is 2. The number of benzene rings is 2. The lowest BCUT2D eigenvalue weighted by Crippen LogP contribution is -2.14. The standard InChI is InChI=1S/C20H17N3O2/c1-14-12-17(22-20(25)16-8-5-11-21-13-16)9-10-18(14)23-19(24)15-6-3-2-4-7-15/h2-13H,1H3,(H,22,25)(H,23,24). The first-order valence-corrected chi connectivity index (χ1v) is 7.82. The molecule has 5 nitrogen and oxygen atoms in total. The van der Waals surface area contributed by atoms with Crippen molar-refractivity contribution in [2.24, 2.45) is 0 Å². The molecule has 0 unspecified atom stereocenters. The predicted octanol–water partition coefficient (Wildman–Crippen LogP) is 3.89. The summed E-state index contributed by atoms with van der Waals surface area (Å²) in [4.78, 5) is 28.3. The Balaban J connectivity index is 1.71. The van der Waals surface area contributed by atoms with Crippen molar-refractivity contribution in [2.75, 3.05) is 10.6 Å². The molecule has 0 spiro atoms. The number of aromatic nitrogens is 1. The van der Waals surface area contributed by atoms with Crippen molar-refractivity contribution < 1.29 is 9.59 Å². The number of aryl methyl sites for hydroxylation is 1. The summed E-state index contributed by atoms with van der Waals surface area (Å²) in [6.45, 7) is 1.88. The Bertz CT molecular complexity index is 893. The average Bonchev–Trinajstić information content (AvgIpc) is 2.65. The first-order chi connectivity index (χ1) is 12.1. The zero-order valence-corrected chi connectivity index (χ0v) is 13.7. The Hall–Kier alpha value is -3.47. The smallest absolute Gasteiger partial charge is 0.257 e. The summed E-state index contributed by atoms with van der Waals surface area (Å²) < 4.78 is 0. The molecule has 25 heavy (non-hydrogen) atoms. The molecular weight excluding hydrogens is 314 g/mol. The lowest BCUT2D eigenvalue weighted by Gasteiger charge is -2.11. The molecule has 3 rings (SSSR count). The van der Waals surface area contributed by atoms with Crippen molar-refractivity contribution in [1.29, 1.82) is 0 Å². The van der Waals surface area contributed by atoms with E-state index in [1.54, 1.807) is 42.6 Å². The van der Waals surface area contributed by atoms with Crippen molar-refractivity contribution in [2.45, 2.75) is 6.92 Å². The van der Waals surface area contributed by atoms with Gasteiger partial charge in [-0.05, 0) is 55.0 Å². The predicted molar refractivity (Wildman–Crippen MR) is 97.8 cm³/mol. The molecule has 0 aliphatic heterocycles. The fourth-order valence-electron chi connectivity index (χ4n) is 2.37. The van der Waals surface area contributed by atoms with Crippen LogP contribution in [0, 0.1) is 6.92 Å². The van der Waals surface area contributed by atoms with E-state index in [4.69, 9.17) is 0 Å². The molecule has 0 saturated heterocycles. The van der Waals surface area contributed by atoms with Gasteiger partial charge in [0.2, 0.25) is 0 Å². The first-order valence-electron chi connectivity index (χ1n) is 7.82. The highest BCUT2D eigenvalue weighted by Gasteiger charge is 2.09. The molecule has 5 heteroatoms. The van der Waals surface area contributed by atoms with Crippen molar-refractivity contribution >= 4 is 23.2 Å². The van der Waals surface area contributed by atoms with Crippen LogP contribution in [0.25, 0.3) is 0 Å². The van der Waals surface area contributed by atoms with Gasteiger partial charge in [-0.15, -0.1) is 0 Å². The zero-order valence-electron chi connectivity index (χ0n) is 13.7. The van der Waals surface area contributed by atoms with E-state index in [9.17, 15) is 9.59 Å². The largest absolute Gasteiger partial charge is 0.322 e. The molecule has 0 aliphatic rings. The number of amides is 2. The number of hydrogen-bond acceptors (Lipinski definition) is 3. The minimum atomic E-state index is -0.228. The second kappa shape index (κ2) is 7.40. The molecule has 1 heterocycles. The van der Waals surface area contributed by atoms with Crippen molar-refractivity contribution in [3.63, 3.8) is 0 Å². The van der Waals surface area contributed by atoms with Gasteiger partial charge in [0.05, 0.1) is 5.56 Å². The molecule has 124 valence electrons. The van der Waals surface area contributed by atoms with Crippen LogP contribution in [0.3, 0.4) is 0 Å². The average molecular weight is 331 g/mol. The van der Waals surface area contributed by atoms with Gasteiger partial charge >= 0.3 is 0 Å². The lowest BCUT2D eigenvalue weighted by molar-refractivity contribution is 0.101. The maximum absolute atomic E-state index is 12.2. The molecule has 2 amide bonds. The summed E-state index contributed by atoms with van der Waals surface area (Å²) in [6, 6.07) is 17.8. The van der Waals surface area contributed by atoms with E-state index in [2.05, 4.69) is 15.6 Å². The van der Waals surface area contributed by atoms with Crippen LogP contribution >= 0.6 is 0 Å². The minimum absolute atomic E-state index is 0.171. The summed E-state index contributed by atoms with van der Waals surface area (Å²) in [7, 11) is 0. The Labute approximate surface area is 145 Å². The van der Waals surface area contributed by atoms with E-state index in [0.717, 1.165) is 5.56 Å². The quantitative estimate of drug-likeness (QED) is 0.762. The van der Waals surface area contributed by atoms with Gasteiger partial charge in [-0.2, -0.15) is 0 Å². The van der Waals surface area contributed by atoms with Crippen molar-refractivity contribution in [1.82, 2.24) is 4.98 Å². The summed E-state index contributed by atoms with van der Waals surface area (Å²) >= 11 is 0. The highest BCUT2D eigenvalue weighted by Crippen LogP contribution is 2.21. The zero-order chi connectivity index (χ0) is 17.6. The molecule has 2 N–H and O–H groups in total. The Morgan fingerprint density at radius 1 is 0.840 bits per heavy atom. The molecule has 0 saturated carbocycles. The fraction of sp³-hybridized carbons (Fsp3) is 0.0500. The molecule has 3 aromatic rings. The van der Waals surface area contributed by atoms with Crippen LogP contribution in [-0.4, -0.2) is 16.8 Å². The van der Waals surface area contributed by atoms with Crippen molar-refractivity contribution in [3.8, 4) is 0 Å². The second-order valence-electron chi connectivity index (χ2n) is 5.55. The molecule has 0 radical (unpaired) electrons. The third kappa shape index (κ3) is 4.09. The third-order valence-corrected chi connectivity index (χ3v) is 3.69. The van der Waals surface area contributed by atoms with Crippen LogP contribution in [0.15, 0.2) is 73.1 Å². The van der Waals surface area contributed by atoms with Crippen LogP contribution in [0.4, 0.5) is 11.4 Å². The van der Waals surface area contributed by atoms with E-state index in [0.29, 0.717) is 22.5 Å². The molecule has 0 bridgehead atoms. The van der Waals surface area contributed by atoms with E-state index in [1.165, 1.54) is 6.20 Å². The SMILES string of the molecule is Cc1cc(NC(=O)c2cccnc2)ccc1NC(=O)c1ccccc1. The minimum Gasteiger partial charge on any atom is -0.322 e. The Kier molecular flexibility index (Phi) is 4.85. The molecule has 0 fully saturated rings. The van der Waals surface area contributed by atoms with Gasteiger partial charge in [0.1, 0.15) is 0 Å². The van der Waals surface area contributed by atoms with Crippen LogP contribution in [0.2, 0.25) is 0 Å². The van der Waals surface area contributed by atoms with Crippen LogP contribution in [-0.2, 0) is 0 Å². The number of nitrogens with one attached hydrogen (secondary N) is 2. The van der Waals surface area contributed by atoms with E-state index in [-0.39, 0.29) is 11.8 Å². The maximum atomic E-state index is 12.2. The molecule has 2 aromatic carbocycles. The van der Waals surface area contributed by atoms with Gasteiger partial charge in [-0.3, -0.25) is 14.6 Å². The molecule has 0 atom stereocenters. The number of carbonyl (C=O) groups is 2. The third-order valence-electron chi connectivity index (χ3n) is 3.69. The molecule has 0 aliphatic carbocycles. The summed E-state index contributed by atoms with van der Waals surface area (Å²) in [5.74, 6) is -0.399. The highest BCUT2D eigenvalue weighted by atomic mass is 16.2. The van der Waals surface area contributed by atoms with Crippen molar-refractivity contribution in [3.05, 3.63) is 89.7 Å². The van der Waals surface area contributed by atoms with E-state index in [1.807, 2.05) is 31.2 Å². The van der Waals surface area contributed by atoms with Crippen LogP contribution < -0.4 is 10.6 Å². The van der Waals surface area contributed by atoms with Crippen LogP contribution in [0.1, 0.15) is 26.3 Å². The topological polar surface area (TPSA) is 71.1 Å². The second-order valence-corrected chi connectivity index (χ2v) is 5.55. The lowest BCUT2D eigenvalue weighted by atomic mass is 10.1. The summed E-state index contributed by atoms with van der Waals surface area (Å²) in [5.41, 5.74) is 3.29. The Morgan fingerprint density at radius 3 is 2.24 bits per heavy atom. The van der Waals surface area contributed by atoms with Gasteiger partial charge in [0.25, 0.3) is 11.8 Å². The number of nitrogens with zero attached hydrogens (tertiary/aromatic N) is 1. The highest BCUT2D eigenvalue weighted by molar-refractivity contribution is 6.06.